The number of carbonyl (C=O) groups excluding carboxylic acids is 1. The molecule has 0 amide bonds. The van der Waals surface area contributed by atoms with Crippen LogP contribution in [-0.4, -0.2) is 36.0 Å². The first-order valence-corrected chi connectivity index (χ1v) is 0.805. The van der Waals surface area contributed by atoms with Crippen molar-refractivity contribution < 1.29 is 49.5 Å². The van der Waals surface area contributed by atoms with Crippen LogP contribution in [0.15, 0.2) is 0 Å². The van der Waals surface area contributed by atoms with E-state index in [0.29, 0.717) is 0 Å². The summed E-state index contributed by atoms with van der Waals surface area (Å²) in [6.45, 7) is -0.104. The van der Waals surface area contributed by atoms with E-state index >= 15 is 0 Å². The Labute approximate surface area is 84.6 Å². The molecule has 0 rings (SSSR count). The Hall–Kier alpha value is 1.39. The van der Waals surface area contributed by atoms with Gasteiger partial charge in [0.1, 0.15) is 0 Å². The SMILES string of the molecule is O=COO[O-].[Na+].[Na]. The number of carbonyl (C=O) groups is 1. The maximum absolute atomic E-state index is 8.86. The predicted molar refractivity (Wildman–Crippen MR) is 14.0 cm³/mol. The van der Waals surface area contributed by atoms with Gasteiger partial charge in [0.25, 0.3) is 0 Å². The normalized spacial score (nSPS) is 4.71. The van der Waals surface area contributed by atoms with Gasteiger partial charge in [0.15, 0.2) is 0 Å². The Morgan fingerprint density at radius 2 is 2.00 bits per heavy atom. The third-order valence-corrected chi connectivity index (χ3v) is 0.0786. The van der Waals surface area contributed by atoms with Gasteiger partial charge < -0.3 is 10.1 Å². The molecule has 0 aromatic heterocycles. The summed E-state index contributed by atoms with van der Waals surface area (Å²) in [6.07, 6.45) is 0. The van der Waals surface area contributed by atoms with Crippen molar-refractivity contribution >= 4 is 36.0 Å². The van der Waals surface area contributed by atoms with E-state index < -0.39 is 0 Å². The third kappa shape index (κ3) is 18.7. The molecule has 4 nitrogen and oxygen atoms in total. The largest absolute Gasteiger partial charge is 1.00 e. The van der Waals surface area contributed by atoms with E-state index in [1.165, 1.54) is 0 Å². The molecule has 0 atom stereocenters. The van der Waals surface area contributed by atoms with E-state index in [1.807, 2.05) is 0 Å². The summed E-state index contributed by atoms with van der Waals surface area (Å²) in [5.74, 6) is 0. The summed E-state index contributed by atoms with van der Waals surface area (Å²) in [5.41, 5.74) is 0. The van der Waals surface area contributed by atoms with Crippen LogP contribution in [-0.2, 0) is 14.7 Å². The zero-order valence-electron chi connectivity index (χ0n) is 4.21. The van der Waals surface area contributed by atoms with Crippen LogP contribution in [0, 0.1) is 0 Å². The van der Waals surface area contributed by atoms with Crippen LogP contribution in [0.25, 0.3) is 0 Å². The van der Waals surface area contributed by atoms with Gasteiger partial charge in [-0.25, -0.2) is 5.04 Å². The number of hydrogen-bond donors (Lipinski definition) is 0. The molecular formula is CHNa2O4. The fourth-order valence-electron chi connectivity index (χ4n) is 0.0160. The molecule has 0 N–H and O–H groups in total. The van der Waals surface area contributed by atoms with Crippen molar-refractivity contribution in [3.63, 3.8) is 0 Å². The smallest absolute Gasteiger partial charge is 0.681 e. The van der Waals surface area contributed by atoms with Crippen LogP contribution < -0.4 is 34.8 Å². The molecule has 0 spiro atoms. The van der Waals surface area contributed by atoms with E-state index in [2.05, 4.69) is 9.93 Å². The predicted octanol–water partition coefficient (Wildman–Crippen LogP) is -5.01. The van der Waals surface area contributed by atoms with Crippen molar-refractivity contribution in [3.8, 4) is 0 Å². The summed E-state index contributed by atoms with van der Waals surface area (Å²) in [7, 11) is 0. The zero-order valence-corrected chi connectivity index (χ0v) is 8.21. The van der Waals surface area contributed by atoms with Gasteiger partial charge in [-0.1, -0.05) is 0 Å². The molecule has 31 valence electrons. The van der Waals surface area contributed by atoms with Crippen molar-refractivity contribution in [2.24, 2.45) is 0 Å². The molecule has 7 heavy (non-hydrogen) atoms. The first kappa shape index (κ1) is 15.8. The second kappa shape index (κ2) is 15.7. The molecule has 0 saturated heterocycles. The maximum atomic E-state index is 8.86. The Kier molecular flexibility index (Phi) is 35.3. The molecule has 0 bridgehead atoms. The summed E-state index contributed by atoms with van der Waals surface area (Å²) in [5, 5.41) is 11.1. The average Bonchev–Trinajstić information content (AvgIpc) is 1.41. The molecule has 6 heteroatoms. The molecule has 0 heterocycles. The van der Waals surface area contributed by atoms with Crippen molar-refractivity contribution in [1.82, 2.24) is 0 Å². The fourth-order valence-corrected chi connectivity index (χ4v) is 0.0160. The summed E-state index contributed by atoms with van der Waals surface area (Å²) < 4.78 is 0. The van der Waals surface area contributed by atoms with E-state index in [1.54, 1.807) is 0 Å². The minimum atomic E-state index is -0.104. The van der Waals surface area contributed by atoms with Gasteiger partial charge >= 0.3 is 36.0 Å². The zero-order chi connectivity index (χ0) is 4.12. The molecular weight excluding hydrogens is 122 g/mol. The van der Waals surface area contributed by atoms with Gasteiger partial charge in [0.05, 0.1) is 0 Å². The third-order valence-electron chi connectivity index (χ3n) is 0.0786. The first-order chi connectivity index (χ1) is 2.41. The van der Waals surface area contributed by atoms with Crippen LogP contribution in [0.2, 0.25) is 0 Å². The van der Waals surface area contributed by atoms with Gasteiger partial charge in [0, 0.05) is 29.6 Å². The second-order valence-corrected chi connectivity index (χ2v) is 0.260. The molecule has 0 unspecified atom stereocenters. The molecule has 0 aromatic carbocycles. The van der Waals surface area contributed by atoms with Crippen LogP contribution >= 0.6 is 0 Å². The Morgan fingerprint density at radius 3 is 2.00 bits per heavy atom. The van der Waals surface area contributed by atoms with Crippen molar-refractivity contribution in [3.05, 3.63) is 0 Å². The minimum Gasteiger partial charge on any atom is -0.681 e. The van der Waals surface area contributed by atoms with Gasteiger partial charge in [0.2, 0.25) is 0 Å². The van der Waals surface area contributed by atoms with Crippen LogP contribution in [0.3, 0.4) is 0 Å². The Balaban J connectivity index is -0.0000000800. The topological polar surface area (TPSA) is 58.6 Å². The van der Waals surface area contributed by atoms with E-state index in [-0.39, 0.29) is 65.6 Å². The molecule has 0 saturated carbocycles. The van der Waals surface area contributed by atoms with Crippen LogP contribution in [0.1, 0.15) is 0 Å². The van der Waals surface area contributed by atoms with Crippen molar-refractivity contribution in [1.29, 1.82) is 0 Å². The first-order valence-electron chi connectivity index (χ1n) is 0.805. The monoisotopic (exact) mass is 123 g/mol. The second-order valence-electron chi connectivity index (χ2n) is 0.260. The molecule has 0 fully saturated rings. The molecule has 0 aliphatic heterocycles. The summed E-state index contributed by atoms with van der Waals surface area (Å²) >= 11 is 0. The van der Waals surface area contributed by atoms with E-state index in [4.69, 9.17) is 10.1 Å². The van der Waals surface area contributed by atoms with Crippen molar-refractivity contribution in [2.75, 3.05) is 0 Å². The van der Waals surface area contributed by atoms with Crippen LogP contribution in [0.4, 0.5) is 0 Å². The van der Waals surface area contributed by atoms with Gasteiger partial charge in [-0.05, 0) is 0 Å². The standard InChI is InChI=1S/CH2O4.2Na/c2-1-4-5-3;;/h1,3H;;/q;;+1/p-1. The summed E-state index contributed by atoms with van der Waals surface area (Å²) in [4.78, 5) is 12.0. The Bertz CT molecular complexity index is 30.9. The summed E-state index contributed by atoms with van der Waals surface area (Å²) in [6, 6.07) is 0. The maximum Gasteiger partial charge on any atom is 1.00 e. The van der Waals surface area contributed by atoms with E-state index in [0.717, 1.165) is 0 Å². The van der Waals surface area contributed by atoms with E-state index in [9.17, 15) is 0 Å². The fraction of sp³-hybridized carbons (Fsp3) is 0. The van der Waals surface area contributed by atoms with Crippen LogP contribution in [0.5, 0.6) is 0 Å². The Morgan fingerprint density at radius 1 is 1.57 bits per heavy atom. The number of rotatable bonds is 2. The van der Waals surface area contributed by atoms with Crippen molar-refractivity contribution in [2.45, 2.75) is 0 Å². The molecule has 1 radical (unpaired) electrons. The molecule has 0 aliphatic rings. The molecule has 0 aliphatic carbocycles. The average molecular weight is 123 g/mol. The minimum absolute atomic E-state index is 0. The molecule has 0 aromatic rings. The number of hydrogen-bond acceptors (Lipinski definition) is 4. The van der Waals surface area contributed by atoms with Gasteiger partial charge in [-0.2, -0.15) is 0 Å². The van der Waals surface area contributed by atoms with Gasteiger partial charge in [-0.3, -0.25) is 4.79 Å². The quantitative estimate of drug-likeness (QED) is 0.160. The van der Waals surface area contributed by atoms with Gasteiger partial charge in [-0.15, -0.1) is 0 Å².